The van der Waals surface area contributed by atoms with E-state index in [1.807, 2.05) is 12.1 Å². The van der Waals surface area contributed by atoms with Gasteiger partial charge in [-0.1, -0.05) is 18.2 Å². The van der Waals surface area contributed by atoms with Crippen LogP contribution in [0.25, 0.3) is 0 Å². The molecule has 0 aromatic heterocycles. The zero-order valence-corrected chi connectivity index (χ0v) is 12.7. The summed E-state index contributed by atoms with van der Waals surface area (Å²) >= 11 is 0. The van der Waals surface area contributed by atoms with Crippen LogP contribution in [0.5, 0.6) is 5.75 Å². The minimum Gasteiger partial charge on any atom is -0.487 e. The van der Waals surface area contributed by atoms with Crippen molar-refractivity contribution in [2.45, 2.75) is 39.3 Å². The number of rotatable bonds is 3. The summed E-state index contributed by atoms with van der Waals surface area (Å²) in [5, 5.41) is 3.26. The third kappa shape index (κ3) is 3.02. The molecule has 3 rings (SSSR count). The van der Waals surface area contributed by atoms with Crippen LogP contribution in [0, 0.1) is 12.7 Å². The van der Waals surface area contributed by atoms with E-state index in [4.69, 9.17) is 4.74 Å². The van der Waals surface area contributed by atoms with Gasteiger partial charge in [0, 0.05) is 18.7 Å². The Balaban J connectivity index is 1.71. The van der Waals surface area contributed by atoms with Gasteiger partial charge in [-0.3, -0.25) is 0 Å². The molecule has 0 amide bonds. The van der Waals surface area contributed by atoms with E-state index in [0.29, 0.717) is 12.1 Å². The molecule has 110 valence electrons. The van der Waals surface area contributed by atoms with Crippen LogP contribution in [-0.4, -0.2) is 5.60 Å². The van der Waals surface area contributed by atoms with Crippen LogP contribution < -0.4 is 10.1 Å². The van der Waals surface area contributed by atoms with Crippen molar-refractivity contribution in [2.24, 2.45) is 0 Å². The molecule has 0 fully saturated rings. The van der Waals surface area contributed by atoms with Gasteiger partial charge in [0.2, 0.25) is 0 Å². The summed E-state index contributed by atoms with van der Waals surface area (Å²) in [5.74, 6) is 0.800. The highest BCUT2D eigenvalue weighted by Gasteiger charge is 2.29. The van der Waals surface area contributed by atoms with Crippen molar-refractivity contribution in [3.63, 3.8) is 0 Å². The summed E-state index contributed by atoms with van der Waals surface area (Å²) in [5.41, 5.74) is 3.77. The maximum absolute atomic E-state index is 13.5. The number of anilines is 1. The van der Waals surface area contributed by atoms with E-state index in [1.165, 1.54) is 17.2 Å². The molecular weight excluding hydrogens is 265 g/mol. The lowest BCUT2D eigenvalue weighted by Gasteiger charge is -2.16. The SMILES string of the molecule is Cc1ccc(NCc2ccc3c(c2)CC(C)(C)O3)cc1F. The minimum atomic E-state index is -0.177. The summed E-state index contributed by atoms with van der Waals surface area (Å²) in [4.78, 5) is 0. The molecule has 0 saturated heterocycles. The Morgan fingerprint density at radius 2 is 2.00 bits per heavy atom. The van der Waals surface area contributed by atoms with Crippen LogP contribution in [0.3, 0.4) is 0 Å². The average molecular weight is 285 g/mol. The average Bonchev–Trinajstić information content (AvgIpc) is 2.73. The number of nitrogens with one attached hydrogen (secondary N) is 1. The number of benzene rings is 2. The van der Waals surface area contributed by atoms with Gasteiger partial charge < -0.3 is 10.1 Å². The van der Waals surface area contributed by atoms with Crippen molar-refractivity contribution in [1.29, 1.82) is 0 Å². The number of hydrogen-bond acceptors (Lipinski definition) is 2. The van der Waals surface area contributed by atoms with E-state index in [1.54, 1.807) is 13.0 Å². The second kappa shape index (κ2) is 5.06. The Hall–Kier alpha value is -2.03. The predicted octanol–water partition coefficient (Wildman–Crippen LogP) is 4.46. The number of hydrogen-bond donors (Lipinski definition) is 1. The molecule has 0 unspecified atom stereocenters. The van der Waals surface area contributed by atoms with Crippen molar-refractivity contribution < 1.29 is 9.13 Å². The Morgan fingerprint density at radius 1 is 1.19 bits per heavy atom. The second-order valence-electron chi connectivity index (χ2n) is 6.30. The van der Waals surface area contributed by atoms with E-state index in [0.717, 1.165) is 17.9 Å². The first kappa shape index (κ1) is 13.9. The van der Waals surface area contributed by atoms with Crippen molar-refractivity contribution in [3.05, 3.63) is 58.9 Å². The van der Waals surface area contributed by atoms with Crippen LogP contribution in [-0.2, 0) is 13.0 Å². The van der Waals surface area contributed by atoms with Crippen molar-refractivity contribution in [2.75, 3.05) is 5.32 Å². The van der Waals surface area contributed by atoms with Gasteiger partial charge in [0.25, 0.3) is 0 Å². The van der Waals surface area contributed by atoms with Gasteiger partial charge in [-0.25, -0.2) is 4.39 Å². The van der Waals surface area contributed by atoms with Gasteiger partial charge in [-0.05, 0) is 55.7 Å². The maximum atomic E-state index is 13.5. The first-order valence-corrected chi connectivity index (χ1v) is 7.24. The molecule has 0 atom stereocenters. The lowest BCUT2D eigenvalue weighted by molar-refractivity contribution is 0.138. The maximum Gasteiger partial charge on any atom is 0.128 e. The van der Waals surface area contributed by atoms with Crippen LogP contribution in [0.15, 0.2) is 36.4 Å². The van der Waals surface area contributed by atoms with Gasteiger partial charge in [-0.2, -0.15) is 0 Å². The normalized spacial score (nSPS) is 15.4. The third-order valence-electron chi connectivity index (χ3n) is 3.80. The molecule has 0 aliphatic carbocycles. The fraction of sp³-hybridized carbons (Fsp3) is 0.333. The molecule has 2 nitrogen and oxygen atoms in total. The molecule has 0 radical (unpaired) electrons. The highest BCUT2D eigenvalue weighted by atomic mass is 19.1. The van der Waals surface area contributed by atoms with E-state index in [9.17, 15) is 4.39 Å². The van der Waals surface area contributed by atoms with Crippen LogP contribution in [0.4, 0.5) is 10.1 Å². The molecular formula is C18H20FNO. The summed E-state index contributed by atoms with van der Waals surface area (Å²) in [7, 11) is 0. The molecule has 2 aromatic rings. The smallest absolute Gasteiger partial charge is 0.128 e. The topological polar surface area (TPSA) is 21.3 Å². The molecule has 0 spiro atoms. The van der Waals surface area contributed by atoms with Crippen LogP contribution in [0.2, 0.25) is 0 Å². The minimum absolute atomic E-state index is 0.117. The highest BCUT2D eigenvalue weighted by molar-refractivity contribution is 5.47. The lowest BCUT2D eigenvalue weighted by atomic mass is 10.0. The summed E-state index contributed by atoms with van der Waals surface area (Å²) in [6.45, 7) is 6.64. The molecule has 21 heavy (non-hydrogen) atoms. The molecule has 0 bridgehead atoms. The van der Waals surface area contributed by atoms with E-state index in [2.05, 4.69) is 31.3 Å². The van der Waals surface area contributed by atoms with Gasteiger partial charge in [0.05, 0.1) is 0 Å². The van der Waals surface area contributed by atoms with Gasteiger partial charge in [0.15, 0.2) is 0 Å². The summed E-state index contributed by atoms with van der Waals surface area (Å²) in [6, 6.07) is 11.5. The molecule has 3 heteroatoms. The quantitative estimate of drug-likeness (QED) is 0.899. The van der Waals surface area contributed by atoms with Crippen molar-refractivity contribution in [1.82, 2.24) is 0 Å². The van der Waals surface area contributed by atoms with Crippen LogP contribution in [0.1, 0.15) is 30.5 Å². The number of fused-ring (bicyclic) bond motifs is 1. The molecule has 1 aliphatic heterocycles. The molecule has 2 aromatic carbocycles. The zero-order valence-electron chi connectivity index (χ0n) is 12.7. The fourth-order valence-corrected chi connectivity index (χ4v) is 2.68. The Morgan fingerprint density at radius 3 is 2.76 bits per heavy atom. The van der Waals surface area contributed by atoms with Crippen LogP contribution >= 0.6 is 0 Å². The van der Waals surface area contributed by atoms with Crippen molar-refractivity contribution >= 4 is 5.69 Å². The third-order valence-corrected chi connectivity index (χ3v) is 3.80. The monoisotopic (exact) mass is 285 g/mol. The number of aryl methyl sites for hydroxylation is 1. The summed E-state index contributed by atoms with van der Waals surface area (Å²) < 4.78 is 19.4. The number of ether oxygens (including phenoxy) is 1. The second-order valence-corrected chi connectivity index (χ2v) is 6.30. The molecule has 1 aliphatic rings. The molecule has 1 N–H and O–H groups in total. The van der Waals surface area contributed by atoms with E-state index >= 15 is 0 Å². The Kier molecular flexibility index (Phi) is 3.36. The largest absolute Gasteiger partial charge is 0.487 e. The lowest BCUT2D eigenvalue weighted by Crippen LogP contribution is -2.24. The van der Waals surface area contributed by atoms with Gasteiger partial charge >= 0.3 is 0 Å². The number of halogens is 1. The van der Waals surface area contributed by atoms with Gasteiger partial charge in [-0.15, -0.1) is 0 Å². The zero-order chi connectivity index (χ0) is 15.0. The molecule has 1 heterocycles. The first-order chi connectivity index (χ1) is 9.93. The van der Waals surface area contributed by atoms with E-state index < -0.39 is 0 Å². The Bertz CT molecular complexity index is 679. The summed E-state index contributed by atoms with van der Waals surface area (Å²) in [6.07, 6.45) is 0.926. The standard InChI is InChI=1S/C18H20FNO/c1-12-4-6-15(9-16(12)19)20-11-13-5-7-17-14(8-13)10-18(2,3)21-17/h4-9,20H,10-11H2,1-3H3. The van der Waals surface area contributed by atoms with E-state index in [-0.39, 0.29) is 11.4 Å². The van der Waals surface area contributed by atoms with Crippen molar-refractivity contribution in [3.8, 4) is 5.75 Å². The molecule has 0 saturated carbocycles. The van der Waals surface area contributed by atoms with Gasteiger partial charge in [0.1, 0.15) is 17.2 Å². The Labute approximate surface area is 125 Å². The fourth-order valence-electron chi connectivity index (χ4n) is 2.68. The highest BCUT2D eigenvalue weighted by Crippen LogP contribution is 2.35. The first-order valence-electron chi connectivity index (χ1n) is 7.24. The predicted molar refractivity (Wildman–Crippen MR) is 83.3 cm³/mol.